The molecule has 140 valence electrons. The Morgan fingerprint density at radius 2 is 1.81 bits per heavy atom. The molecule has 0 saturated heterocycles. The summed E-state index contributed by atoms with van der Waals surface area (Å²) in [4.78, 5) is 12.5. The third kappa shape index (κ3) is 5.00. The summed E-state index contributed by atoms with van der Waals surface area (Å²) in [7, 11) is -2.32. The molecule has 0 unspecified atom stereocenters. The standard InChI is InChI=1S/C18H22N2O4S2/c1-12(14-5-7-15(25-4)8-6-14)20-26(22,23)16-9-10-18(24-3)17(11-16)19-13(2)21/h5-12,20H,1-4H3,(H,19,21)/t12-/m1/s1. The van der Waals surface area contributed by atoms with E-state index in [1.54, 1.807) is 18.7 Å². The van der Waals surface area contributed by atoms with Crippen molar-refractivity contribution in [2.45, 2.75) is 29.7 Å². The average molecular weight is 395 g/mol. The van der Waals surface area contributed by atoms with Gasteiger partial charge >= 0.3 is 0 Å². The number of thioether (sulfide) groups is 1. The van der Waals surface area contributed by atoms with Gasteiger partial charge in [0, 0.05) is 17.9 Å². The number of nitrogens with one attached hydrogen (secondary N) is 2. The fourth-order valence-corrected chi connectivity index (χ4v) is 4.07. The minimum atomic E-state index is -3.77. The second-order valence-corrected chi connectivity index (χ2v) is 8.25. The maximum absolute atomic E-state index is 12.7. The van der Waals surface area contributed by atoms with E-state index in [0.717, 1.165) is 10.5 Å². The first-order valence-corrected chi connectivity index (χ1v) is 10.6. The van der Waals surface area contributed by atoms with Crippen molar-refractivity contribution in [1.82, 2.24) is 4.72 Å². The Labute approximate surface area is 158 Å². The molecule has 1 amide bonds. The Morgan fingerprint density at radius 3 is 2.35 bits per heavy atom. The molecule has 2 aromatic rings. The van der Waals surface area contributed by atoms with Gasteiger partial charge in [-0.3, -0.25) is 4.79 Å². The smallest absolute Gasteiger partial charge is 0.241 e. The number of methoxy groups -OCH3 is 1. The first kappa shape index (κ1) is 20.3. The topological polar surface area (TPSA) is 84.5 Å². The van der Waals surface area contributed by atoms with E-state index in [4.69, 9.17) is 4.74 Å². The third-order valence-corrected chi connectivity index (χ3v) is 6.02. The highest BCUT2D eigenvalue weighted by Crippen LogP contribution is 2.28. The second kappa shape index (κ2) is 8.57. The van der Waals surface area contributed by atoms with Crippen LogP contribution in [0.1, 0.15) is 25.5 Å². The van der Waals surface area contributed by atoms with Crippen LogP contribution in [-0.2, 0) is 14.8 Å². The van der Waals surface area contributed by atoms with Gasteiger partial charge in [-0.1, -0.05) is 12.1 Å². The Balaban J connectivity index is 2.26. The number of amides is 1. The molecule has 0 radical (unpaired) electrons. The molecule has 2 N–H and O–H groups in total. The van der Waals surface area contributed by atoms with Crippen molar-refractivity contribution in [3.8, 4) is 5.75 Å². The fourth-order valence-electron chi connectivity index (χ4n) is 2.40. The second-order valence-electron chi connectivity index (χ2n) is 5.66. The van der Waals surface area contributed by atoms with Crippen molar-refractivity contribution in [3.63, 3.8) is 0 Å². The van der Waals surface area contributed by atoms with E-state index >= 15 is 0 Å². The van der Waals surface area contributed by atoms with Crippen molar-refractivity contribution in [1.29, 1.82) is 0 Å². The van der Waals surface area contributed by atoms with E-state index in [9.17, 15) is 13.2 Å². The van der Waals surface area contributed by atoms with Crippen LogP contribution in [0.4, 0.5) is 5.69 Å². The number of hydrogen-bond donors (Lipinski definition) is 2. The molecule has 0 fully saturated rings. The number of carbonyl (C=O) groups excluding carboxylic acids is 1. The molecule has 6 nitrogen and oxygen atoms in total. The van der Waals surface area contributed by atoms with Gasteiger partial charge < -0.3 is 10.1 Å². The molecule has 2 aromatic carbocycles. The molecule has 26 heavy (non-hydrogen) atoms. The maximum Gasteiger partial charge on any atom is 0.241 e. The molecule has 0 aliphatic carbocycles. The van der Waals surface area contributed by atoms with Crippen molar-refractivity contribution < 1.29 is 17.9 Å². The first-order valence-electron chi connectivity index (χ1n) is 7.88. The van der Waals surface area contributed by atoms with E-state index in [0.29, 0.717) is 11.4 Å². The van der Waals surface area contributed by atoms with Crippen LogP contribution in [0.25, 0.3) is 0 Å². The van der Waals surface area contributed by atoms with Crippen molar-refractivity contribution in [2.75, 3.05) is 18.7 Å². The summed E-state index contributed by atoms with van der Waals surface area (Å²) < 4.78 is 33.2. The number of ether oxygens (including phenoxy) is 1. The molecular formula is C18H22N2O4S2. The van der Waals surface area contributed by atoms with Gasteiger partial charge in [0.05, 0.1) is 17.7 Å². The van der Waals surface area contributed by atoms with E-state index in [-0.39, 0.29) is 10.8 Å². The molecule has 0 heterocycles. The van der Waals surface area contributed by atoms with Crippen LogP contribution in [0.3, 0.4) is 0 Å². The van der Waals surface area contributed by atoms with Crippen molar-refractivity contribution in [2.24, 2.45) is 0 Å². The maximum atomic E-state index is 12.7. The number of rotatable bonds is 7. The monoisotopic (exact) mass is 394 g/mol. The van der Waals surface area contributed by atoms with Crippen molar-refractivity contribution in [3.05, 3.63) is 48.0 Å². The number of sulfonamides is 1. The van der Waals surface area contributed by atoms with E-state index < -0.39 is 16.1 Å². The van der Waals surface area contributed by atoms with Crippen LogP contribution >= 0.6 is 11.8 Å². The molecule has 0 aliphatic rings. The highest BCUT2D eigenvalue weighted by Gasteiger charge is 2.20. The van der Waals surface area contributed by atoms with Crippen LogP contribution < -0.4 is 14.8 Å². The minimum Gasteiger partial charge on any atom is -0.495 e. The highest BCUT2D eigenvalue weighted by atomic mass is 32.2. The zero-order chi connectivity index (χ0) is 19.3. The summed E-state index contributed by atoms with van der Waals surface area (Å²) in [6, 6.07) is 11.6. The fraction of sp³-hybridized carbons (Fsp3) is 0.278. The van der Waals surface area contributed by atoms with Crippen LogP contribution in [-0.4, -0.2) is 27.7 Å². The van der Waals surface area contributed by atoms with Gasteiger partial charge in [-0.25, -0.2) is 13.1 Å². The lowest BCUT2D eigenvalue weighted by Gasteiger charge is -2.16. The molecule has 8 heteroatoms. The molecule has 0 saturated carbocycles. The molecule has 1 atom stereocenters. The zero-order valence-electron chi connectivity index (χ0n) is 15.1. The summed E-state index contributed by atoms with van der Waals surface area (Å²) in [5.41, 5.74) is 1.17. The molecule has 2 rings (SSSR count). The van der Waals surface area contributed by atoms with E-state index in [2.05, 4.69) is 10.0 Å². The predicted octanol–water partition coefficient (Wildman–Crippen LogP) is 3.42. The van der Waals surface area contributed by atoms with Crippen LogP contribution in [0.15, 0.2) is 52.3 Å². The van der Waals surface area contributed by atoms with Gasteiger partial charge in [-0.2, -0.15) is 0 Å². The lowest BCUT2D eigenvalue weighted by molar-refractivity contribution is -0.114. The summed E-state index contributed by atoms with van der Waals surface area (Å²) in [5, 5.41) is 2.58. The summed E-state index contributed by atoms with van der Waals surface area (Å²) >= 11 is 1.62. The Kier molecular flexibility index (Phi) is 6.69. The number of carbonyl (C=O) groups is 1. The largest absolute Gasteiger partial charge is 0.495 e. The lowest BCUT2D eigenvalue weighted by atomic mass is 10.1. The minimum absolute atomic E-state index is 0.0506. The van der Waals surface area contributed by atoms with Crippen LogP contribution in [0, 0.1) is 0 Å². The van der Waals surface area contributed by atoms with Gasteiger partial charge in [0.2, 0.25) is 15.9 Å². The van der Waals surface area contributed by atoms with Gasteiger partial charge in [0.1, 0.15) is 5.75 Å². The Morgan fingerprint density at radius 1 is 1.15 bits per heavy atom. The molecule has 0 aromatic heterocycles. The lowest BCUT2D eigenvalue weighted by Crippen LogP contribution is -2.27. The first-order chi connectivity index (χ1) is 12.3. The van der Waals surface area contributed by atoms with E-state index in [1.165, 1.54) is 32.2 Å². The molecule has 0 bridgehead atoms. The number of benzene rings is 2. The third-order valence-electron chi connectivity index (χ3n) is 3.74. The van der Waals surface area contributed by atoms with Gasteiger partial charge in [0.15, 0.2) is 0 Å². The normalized spacial score (nSPS) is 12.5. The number of hydrogen-bond acceptors (Lipinski definition) is 5. The summed E-state index contributed by atoms with van der Waals surface area (Å²) in [6.07, 6.45) is 1.98. The summed E-state index contributed by atoms with van der Waals surface area (Å²) in [5.74, 6) is 0.0768. The van der Waals surface area contributed by atoms with Gasteiger partial charge in [0.25, 0.3) is 0 Å². The van der Waals surface area contributed by atoms with E-state index in [1.807, 2.05) is 30.5 Å². The summed E-state index contributed by atoms with van der Waals surface area (Å²) in [6.45, 7) is 3.13. The zero-order valence-corrected chi connectivity index (χ0v) is 16.7. The molecular weight excluding hydrogens is 372 g/mol. The highest BCUT2D eigenvalue weighted by molar-refractivity contribution is 7.98. The quantitative estimate of drug-likeness (QED) is 0.703. The average Bonchev–Trinajstić information content (AvgIpc) is 2.60. The SMILES string of the molecule is COc1ccc(S(=O)(=O)N[C@H](C)c2ccc(SC)cc2)cc1NC(C)=O. The van der Waals surface area contributed by atoms with Gasteiger partial charge in [-0.15, -0.1) is 11.8 Å². The van der Waals surface area contributed by atoms with Crippen LogP contribution in [0.5, 0.6) is 5.75 Å². The number of anilines is 1. The van der Waals surface area contributed by atoms with Crippen LogP contribution in [0.2, 0.25) is 0 Å². The Hall–Kier alpha value is -2.03. The predicted molar refractivity (Wildman–Crippen MR) is 104 cm³/mol. The molecule has 0 aliphatic heterocycles. The van der Waals surface area contributed by atoms with Crippen molar-refractivity contribution >= 4 is 33.4 Å². The molecule has 0 spiro atoms. The van der Waals surface area contributed by atoms with Gasteiger partial charge in [-0.05, 0) is 49.1 Å². The Bertz CT molecular complexity index is 881.